The fraction of sp³-hybridized carbons (Fsp3) is 0.579. The molecule has 1 aromatic rings. The van der Waals surface area contributed by atoms with Crippen molar-refractivity contribution < 1.29 is 9.59 Å². The molecule has 0 radical (unpaired) electrons. The second-order valence-electron chi connectivity index (χ2n) is 7.02. The second kappa shape index (κ2) is 8.41. The number of piperidine rings is 1. The van der Waals surface area contributed by atoms with E-state index < -0.39 is 0 Å². The maximum atomic E-state index is 12.6. The van der Waals surface area contributed by atoms with Gasteiger partial charge in [-0.25, -0.2) is 0 Å². The SMILES string of the molecule is O=C(Nc1c(Cl)cccc1Cl)C1CCN(C(=O)C2CCCCC2)CC1. The molecule has 0 atom stereocenters. The number of nitrogens with one attached hydrogen (secondary N) is 1. The maximum absolute atomic E-state index is 12.6. The predicted molar refractivity (Wildman–Crippen MR) is 101 cm³/mol. The quantitative estimate of drug-likeness (QED) is 0.819. The van der Waals surface area contributed by atoms with Gasteiger partial charge in [0.15, 0.2) is 0 Å². The molecule has 1 aromatic carbocycles. The number of halogens is 2. The molecular weight excluding hydrogens is 359 g/mol. The van der Waals surface area contributed by atoms with Crippen LogP contribution in [0.2, 0.25) is 10.0 Å². The lowest BCUT2D eigenvalue weighted by atomic mass is 9.87. The van der Waals surface area contributed by atoms with Gasteiger partial charge in [0.1, 0.15) is 0 Å². The van der Waals surface area contributed by atoms with E-state index in [1.807, 2.05) is 4.90 Å². The summed E-state index contributed by atoms with van der Waals surface area (Å²) in [6, 6.07) is 5.15. The molecule has 0 spiro atoms. The van der Waals surface area contributed by atoms with Crippen molar-refractivity contribution in [2.75, 3.05) is 18.4 Å². The van der Waals surface area contributed by atoms with Gasteiger partial charge in [-0.1, -0.05) is 48.5 Å². The fourth-order valence-corrected chi connectivity index (χ4v) is 4.30. The van der Waals surface area contributed by atoms with Crippen LogP contribution in [0.25, 0.3) is 0 Å². The molecule has 6 heteroatoms. The van der Waals surface area contributed by atoms with E-state index >= 15 is 0 Å². The van der Waals surface area contributed by atoms with E-state index in [0.29, 0.717) is 41.7 Å². The van der Waals surface area contributed by atoms with Gasteiger partial charge in [0, 0.05) is 24.9 Å². The van der Waals surface area contributed by atoms with Crippen molar-refractivity contribution >= 4 is 40.7 Å². The van der Waals surface area contributed by atoms with Crippen LogP contribution in [0.1, 0.15) is 44.9 Å². The van der Waals surface area contributed by atoms with E-state index in [9.17, 15) is 9.59 Å². The van der Waals surface area contributed by atoms with Crippen LogP contribution in [-0.4, -0.2) is 29.8 Å². The molecule has 0 aromatic heterocycles. The summed E-state index contributed by atoms with van der Waals surface area (Å²) in [5.74, 6) is 0.302. The molecule has 1 heterocycles. The highest BCUT2D eigenvalue weighted by atomic mass is 35.5. The van der Waals surface area contributed by atoms with Crippen LogP contribution < -0.4 is 5.32 Å². The Morgan fingerprint density at radius 1 is 0.920 bits per heavy atom. The lowest BCUT2D eigenvalue weighted by molar-refractivity contribution is -0.139. The minimum atomic E-state index is -0.109. The molecular formula is C19H24Cl2N2O2. The summed E-state index contributed by atoms with van der Waals surface area (Å²) in [7, 11) is 0. The zero-order valence-corrected chi connectivity index (χ0v) is 15.8. The topological polar surface area (TPSA) is 49.4 Å². The van der Waals surface area contributed by atoms with Gasteiger partial charge in [-0.05, 0) is 37.8 Å². The van der Waals surface area contributed by atoms with Crippen LogP contribution in [0.4, 0.5) is 5.69 Å². The van der Waals surface area contributed by atoms with E-state index in [4.69, 9.17) is 23.2 Å². The van der Waals surface area contributed by atoms with Crippen molar-refractivity contribution in [3.05, 3.63) is 28.2 Å². The Labute approximate surface area is 158 Å². The van der Waals surface area contributed by atoms with E-state index in [2.05, 4.69) is 5.32 Å². The molecule has 0 unspecified atom stereocenters. The van der Waals surface area contributed by atoms with E-state index in [1.54, 1.807) is 18.2 Å². The number of anilines is 1. The summed E-state index contributed by atoms with van der Waals surface area (Å²) in [6.45, 7) is 1.31. The summed E-state index contributed by atoms with van der Waals surface area (Å²) in [6.07, 6.45) is 6.98. The number of benzene rings is 1. The molecule has 2 aliphatic rings. The number of nitrogens with zero attached hydrogens (tertiary/aromatic N) is 1. The van der Waals surface area contributed by atoms with Gasteiger partial charge in [0.05, 0.1) is 15.7 Å². The van der Waals surface area contributed by atoms with Gasteiger partial charge in [-0.15, -0.1) is 0 Å². The highest BCUT2D eigenvalue weighted by Crippen LogP contribution is 2.32. The normalized spacial score (nSPS) is 19.7. The highest BCUT2D eigenvalue weighted by Gasteiger charge is 2.31. The standard InChI is InChI=1S/C19H24Cl2N2O2/c20-15-7-4-8-16(21)17(15)22-18(24)13-9-11-23(12-10-13)19(25)14-5-2-1-3-6-14/h4,7-8,13-14H,1-3,5-6,9-12H2,(H,22,24). The maximum Gasteiger partial charge on any atom is 0.227 e. The van der Waals surface area contributed by atoms with Gasteiger partial charge >= 0.3 is 0 Å². The van der Waals surface area contributed by atoms with Crippen molar-refractivity contribution in [3.8, 4) is 0 Å². The summed E-state index contributed by atoms with van der Waals surface area (Å²) >= 11 is 12.2. The number of likely N-dealkylation sites (tertiary alicyclic amines) is 1. The van der Waals surface area contributed by atoms with Crippen LogP contribution in [0, 0.1) is 11.8 Å². The van der Waals surface area contributed by atoms with Crippen molar-refractivity contribution in [1.82, 2.24) is 4.90 Å². The smallest absolute Gasteiger partial charge is 0.227 e. The van der Waals surface area contributed by atoms with E-state index in [1.165, 1.54) is 6.42 Å². The van der Waals surface area contributed by atoms with Crippen LogP contribution >= 0.6 is 23.2 Å². The second-order valence-corrected chi connectivity index (χ2v) is 7.83. The number of carbonyl (C=O) groups is 2. The summed E-state index contributed by atoms with van der Waals surface area (Å²) in [5.41, 5.74) is 0.469. The molecule has 1 aliphatic carbocycles. The van der Waals surface area contributed by atoms with Crippen molar-refractivity contribution in [2.24, 2.45) is 11.8 Å². The van der Waals surface area contributed by atoms with Crippen LogP contribution in [0.15, 0.2) is 18.2 Å². The number of carbonyl (C=O) groups excluding carboxylic acids is 2. The zero-order chi connectivity index (χ0) is 17.8. The minimum absolute atomic E-state index is 0.0697. The van der Waals surface area contributed by atoms with Crippen LogP contribution in [0.3, 0.4) is 0 Å². The molecule has 2 amide bonds. The third-order valence-electron chi connectivity index (χ3n) is 5.34. The first-order valence-corrected chi connectivity index (χ1v) is 9.85. The Morgan fingerprint density at radius 2 is 1.52 bits per heavy atom. The molecule has 25 heavy (non-hydrogen) atoms. The Bertz CT molecular complexity index is 616. The van der Waals surface area contributed by atoms with Crippen molar-refractivity contribution in [1.29, 1.82) is 0 Å². The number of hydrogen-bond acceptors (Lipinski definition) is 2. The Kier molecular flexibility index (Phi) is 6.24. The average molecular weight is 383 g/mol. The monoisotopic (exact) mass is 382 g/mol. The summed E-state index contributed by atoms with van der Waals surface area (Å²) in [5, 5.41) is 3.72. The Morgan fingerprint density at radius 3 is 2.12 bits per heavy atom. The van der Waals surface area contributed by atoms with Gasteiger partial charge in [-0.2, -0.15) is 0 Å². The average Bonchev–Trinajstić information content (AvgIpc) is 2.65. The molecule has 0 bridgehead atoms. The van der Waals surface area contributed by atoms with Gasteiger partial charge < -0.3 is 10.2 Å². The van der Waals surface area contributed by atoms with E-state index in [0.717, 1.165) is 25.7 Å². The zero-order valence-electron chi connectivity index (χ0n) is 14.3. The van der Waals surface area contributed by atoms with Crippen LogP contribution in [0.5, 0.6) is 0 Å². The fourth-order valence-electron chi connectivity index (χ4n) is 3.81. The molecule has 4 nitrogen and oxygen atoms in total. The predicted octanol–water partition coefficient (Wildman–Crippen LogP) is 4.75. The van der Waals surface area contributed by atoms with Gasteiger partial charge in [0.2, 0.25) is 11.8 Å². The number of para-hydroxylation sites is 1. The number of hydrogen-bond donors (Lipinski definition) is 1. The number of amides is 2. The lowest BCUT2D eigenvalue weighted by Gasteiger charge is -2.34. The largest absolute Gasteiger partial charge is 0.342 e. The molecule has 2 fully saturated rings. The number of rotatable bonds is 3. The molecule has 136 valence electrons. The third-order valence-corrected chi connectivity index (χ3v) is 5.97. The van der Waals surface area contributed by atoms with Crippen molar-refractivity contribution in [2.45, 2.75) is 44.9 Å². The molecule has 3 rings (SSSR count). The molecule has 1 aliphatic heterocycles. The summed E-state index contributed by atoms with van der Waals surface area (Å²) in [4.78, 5) is 27.1. The lowest BCUT2D eigenvalue weighted by Crippen LogP contribution is -2.44. The van der Waals surface area contributed by atoms with Crippen molar-refractivity contribution in [3.63, 3.8) is 0 Å². The van der Waals surface area contributed by atoms with E-state index in [-0.39, 0.29) is 23.7 Å². The Hall–Kier alpha value is -1.26. The first-order valence-electron chi connectivity index (χ1n) is 9.10. The highest BCUT2D eigenvalue weighted by molar-refractivity contribution is 6.39. The third kappa shape index (κ3) is 4.48. The first-order chi connectivity index (χ1) is 12.1. The minimum Gasteiger partial charge on any atom is -0.342 e. The van der Waals surface area contributed by atoms with Gasteiger partial charge in [-0.3, -0.25) is 9.59 Å². The molecule has 1 N–H and O–H groups in total. The van der Waals surface area contributed by atoms with Crippen LogP contribution in [-0.2, 0) is 9.59 Å². The Balaban J connectivity index is 1.53. The molecule has 1 saturated heterocycles. The molecule has 1 saturated carbocycles. The van der Waals surface area contributed by atoms with Gasteiger partial charge in [0.25, 0.3) is 0 Å². The first kappa shape index (κ1) is 18.5. The summed E-state index contributed by atoms with van der Waals surface area (Å²) < 4.78 is 0.